The van der Waals surface area contributed by atoms with Gasteiger partial charge in [0.05, 0.1) is 5.69 Å². The van der Waals surface area contributed by atoms with Gasteiger partial charge in [0, 0.05) is 31.7 Å². The van der Waals surface area contributed by atoms with Crippen LogP contribution in [0.1, 0.15) is 37.4 Å². The van der Waals surface area contributed by atoms with Crippen molar-refractivity contribution < 1.29 is 0 Å². The molecule has 0 amide bonds. The molecule has 0 radical (unpaired) electrons. The lowest BCUT2D eigenvalue weighted by molar-refractivity contribution is 0.395. The first kappa shape index (κ1) is 12.4. The zero-order valence-corrected chi connectivity index (χ0v) is 11.4. The molecule has 0 bridgehead atoms. The molecule has 0 aromatic carbocycles. The summed E-state index contributed by atoms with van der Waals surface area (Å²) in [7, 11) is 4.22. The Kier molecular flexibility index (Phi) is 3.43. The van der Waals surface area contributed by atoms with Crippen LogP contribution >= 0.6 is 0 Å². The SMILES string of the molecule is Cc1nn(C)c(N(C)C2CCC2)c1CC(C)N. The second-order valence-electron chi connectivity index (χ2n) is 5.39. The second-order valence-corrected chi connectivity index (χ2v) is 5.39. The van der Waals surface area contributed by atoms with Gasteiger partial charge in [-0.1, -0.05) is 0 Å². The van der Waals surface area contributed by atoms with E-state index in [-0.39, 0.29) is 6.04 Å². The Labute approximate surface area is 104 Å². The van der Waals surface area contributed by atoms with Crippen LogP contribution in [0.15, 0.2) is 0 Å². The quantitative estimate of drug-likeness (QED) is 0.864. The highest BCUT2D eigenvalue weighted by Crippen LogP contribution is 2.31. The van der Waals surface area contributed by atoms with E-state index in [2.05, 4.69) is 30.9 Å². The molecule has 1 aliphatic rings. The number of hydrogen-bond donors (Lipinski definition) is 1. The van der Waals surface area contributed by atoms with Crippen molar-refractivity contribution in [1.82, 2.24) is 9.78 Å². The van der Waals surface area contributed by atoms with Gasteiger partial charge in [0.1, 0.15) is 5.82 Å². The largest absolute Gasteiger partial charge is 0.357 e. The summed E-state index contributed by atoms with van der Waals surface area (Å²) in [4.78, 5) is 2.39. The average Bonchev–Trinajstić information content (AvgIpc) is 2.37. The van der Waals surface area contributed by atoms with E-state index in [1.165, 1.54) is 30.6 Å². The van der Waals surface area contributed by atoms with E-state index in [1.807, 2.05) is 11.7 Å². The van der Waals surface area contributed by atoms with Crippen molar-refractivity contribution in [3.05, 3.63) is 11.3 Å². The van der Waals surface area contributed by atoms with Gasteiger partial charge >= 0.3 is 0 Å². The average molecular weight is 236 g/mol. The summed E-state index contributed by atoms with van der Waals surface area (Å²) < 4.78 is 2.01. The summed E-state index contributed by atoms with van der Waals surface area (Å²) in [6.07, 6.45) is 4.87. The highest BCUT2D eigenvalue weighted by Gasteiger charge is 2.27. The summed E-state index contributed by atoms with van der Waals surface area (Å²) in [6.45, 7) is 4.13. The highest BCUT2D eigenvalue weighted by atomic mass is 15.4. The molecule has 4 nitrogen and oxygen atoms in total. The lowest BCUT2D eigenvalue weighted by Gasteiger charge is -2.36. The molecule has 1 atom stereocenters. The van der Waals surface area contributed by atoms with Crippen molar-refractivity contribution in [3.63, 3.8) is 0 Å². The van der Waals surface area contributed by atoms with E-state index < -0.39 is 0 Å². The Morgan fingerprint density at radius 1 is 1.53 bits per heavy atom. The third-order valence-corrected chi connectivity index (χ3v) is 3.80. The second kappa shape index (κ2) is 4.69. The van der Waals surface area contributed by atoms with Crippen LogP contribution in [-0.2, 0) is 13.5 Å². The van der Waals surface area contributed by atoms with Crippen molar-refractivity contribution in [3.8, 4) is 0 Å². The van der Waals surface area contributed by atoms with E-state index in [1.54, 1.807) is 0 Å². The fourth-order valence-corrected chi connectivity index (χ4v) is 2.64. The summed E-state index contributed by atoms with van der Waals surface area (Å²) in [5, 5.41) is 4.55. The van der Waals surface area contributed by atoms with Gasteiger partial charge in [-0.3, -0.25) is 4.68 Å². The Morgan fingerprint density at radius 3 is 2.65 bits per heavy atom. The van der Waals surface area contributed by atoms with Crippen molar-refractivity contribution in [1.29, 1.82) is 0 Å². The summed E-state index contributed by atoms with van der Waals surface area (Å²) in [5.41, 5.74) is 8.37. The maximum absolute atomic E-state index is 5.94. The van der Waals surface area contributed by atoms with Gasteiger partial charge in [-0.2, -0.15) is 5.10 Å². The predicted octanol–water partition coefficient (Wildman–Crippen LogP) is 1.61. The van der Waals surface area contributed by atoms with Crippen molar-refractivity contribution in [2.75, 3.05) is 11.9 Å². The monoisotopic (exact) mass is 236 g/mol. The third-order valence-electron chi connectivity index (χ3n) is 3.80. The fraction of sp³-hybridized carbons (Fsp3) is 0.769. The van der Waals surface area contributed by atoms with Crippen LogP contribution in [0.3, 0.4) is 0 Å². The third kappa shape index (κ3) is 2.32. The Balaban J connectivity index is 2.29. The van der Waals surface area contributed by atoms with Gasteiger partial charge in [0.15, 0.2) is 0 Å². The number of anilines is 1. The number of nitrogens with zero attached hydrogens (tertiary/aromatic N) is 3. The van der Waals surface area contributed by atoms with Crippen molar-refractivity contribution >= 4 is 5.82 Å². The van der Waals surface area contributed by atoms with Gasteiger partial charge in [0.2, 0.25) is 0 Å². The Bertz CT molecular complexity index is 390. The van der Waals surface area contributed by atoms with Crippen LogP contribution in [0.25, 0.3) is 0 Å². The number of hydrogen-bond acceptors (Lipinski definition) is 3. The van der Waals surface area contributed by atoms with Crippen molar-refractivity contribution in [2.45, 2.75) is 51.6 Å². The Hall–Kier alpha value is -1.03. The summed E-state index contributed by atoms with van der Waals surface area (Å²) in [6, 6.07) is 0.878. The highest BCUT2D eigenvalue weighted by molar-refractivity contribution is 5.51. The normalized spacial score (nSPS) is 17.9. The molecule has 4 heteroatoms. The number of aromatic nitrogens is 2. The molecule has 1 heterocycles. The molecule has 1 aromatic rings. The van der Waals surface area contributed by atoms with Gasteiger partial charge < -0.3 is 10.6 Å². The van der Waals surface area contributed by atoms with Gasteiger partial charge in [0.25, 0.3) is 0 Å². The predicted molar refractivity (Wildman–Crippen MR) is 71.3 cm³/mol. The van der Waals surface area contributed by atoms with E-state index in [0.29, 0.717) is 6.04 Å². The summed E-state index contributed by atoms with van der Waals surface area (Å²) >= 11 is 0. The molecule has 0 spiro atoms. The lowest BCUT2D eigenvalue weighted by Crippen LogP contribution is -2.39. The maximum atomic E-state index is 5.94. The minimum atomic E-state index is 0.187. The topological polar surface area (TPSA) is 47.1 Å². The molecule has 96 valence electrons. The van der Waals surface area contributed by atoms with Crippen LogP contribution < -0.4 is 10.6 Å². The zero-order valence-electron chi connectivity index (χ0n) is 11.4. The molecule has 0 aliphatic heterocycles. The molecule has 1 fully saturated rings. The molecular weight excluding hydrogens is 212 g/mol. The first-order valence-electron chi connectivity index (χ1n) is 6.51. The standard InChI is InChI=1S/C13H24N4/c1-9(14)8-12-10(2)15-17(4)13(12)16(3)11-6-5-7-11/h9,11H,5-8,14H2,1-4H3. The minimum absolute atomic E-state index is 0.187. The first-order chi connectivity index (χ1) is 8.00. The van der Waals surface area contributed by atoms with Crippen LogP contribution in [0.5, 0.6) is 0 Å². The molecular formula is C13H24N4. The first-order valence-corrected chi connectivity index (χ1v) is 6.51. The van der Waals surface area contributed by atoms with Crippen molar-refractivity contribution in [2.24, 2.45) is 12.8 Å². The summed E-state index contributed by atoms with van der Waals surface area (Å²) in [5.74, 6) is 1.25. The fourth-order valence-electron chi connectivity index (χ4n) is 2.64. The number of aryl methyl sites for hydroxylation is 2. The van der Waals surface area contributed by atoms with E-state index in [4.69, 9.17) is 5.73 Å². The van der Waals surface area contributed by atoms with Crippen LogP contribution in [-0.4, -0.2) is 28.9 Å². The van der Waals surface area contributed by atoms with Crippen LogP contribution in [0.2, 0.25) is 0 Å². The van der Waals surface area contributed by atoms with Gasteiger partial charge in [-0.05, 0) is 39.5 Å². The molecule has 1 aliphatic carbocycles. The Morgan fingerprint density at radius 2 is 2.18 bits per heavy atom. The lowest BCUT2D eigenvalue weighted by atomic mass is 9.91. The minimum Gasteiger partial charge on any atom is -0.357 e. The van der Waals surface area contributed by atoms with E-state index in [0.717, 1.165) is 12.1 Å². The maximum Gasteiger partial charge on any atom is 0.130 e. The zero-order chi connectivity index (χ0) is 12.6. The molecule has 17 heavy (non-hydrogen) atoms. The molecule has 1 saturated carbocycles. The molecule has 0 saturated heterocycles. The molecule has 2 rings (SSSR count). The smallest absolute Gasteiger partial charge is 0.130 e. The molecule has 1 unspecified atom stereocenters. The number of rotatable bonds is 4. The van der Waals surface area contributed by atoms with Crippen LogP contribution in [0, 0.1) is 6.92 Å². The van der Waals surface area contributed by atoms with Gasteiger partial charge in [-0.25, -0.2) is 0 Å². The molecule has 2 N–H and O–H groups in total. The molecule has 1 aromatic heterocycles. The number of nitrogens with two attached hydrogens (primary N) is 1. The van der Waals surface area contributed by atoms with Crippen LogP contribution in [0.4, 0.5) is 5.82 Å². The van der Waals surface area contributed by atoms with E-state index >= 15 is 0 Å². The van der Waals surface area contributed by atoms with E-state index in [9.17, 15) is 0 Å². The van der Waals surface area contributed by atoms with Gasteiger partial charge in [-0.15, -0.1) is 0 Å².